The minimum absolute atomic E-state index is 0.181. The number of aryl methyl sites for hydroxylation is 2. The summed E-state index contributed by atoms with van der Waals surface area (Å²) in [5.41, 5.74) is 4.39. The lowest BCUT2D eigenvalue weighted by Gasteiger charge is -2.37. The van der Waals surface area contributed by atoms with Crippen LogP contribution in [0.4, 0.5) is 5.69 Å². The van der Waals surface area contributed by atoms with Gasteiger partial charge in [0.2, 0.25) is 0 Å². The van der Waals surface area contributed by atoms with Gasteiger partial charge in [-0.1, -0.05) is 35.3 Å². The Kier molecular flexibility index (Phi) is 10.6. The van der Waals surface area contributed by atoms with Crippen molar-refractivity contribution < 1.29 is 17.9 Å². The second-order valence-electron chi connectivity index (χ2n) is 11.5. The van der Waals surface area contributed by atoms with E-state index in [1.54, 1.807) is 48.3 Å². The molecule has 0 fully saturated rings. The molecule has 0 N–H and O–H groups in total. The van der Waals surface area contributed by atoms with Crippen LogP contribution in [0.3, 0.4) is 0 Å². The van der Waals surface area contributed by atoms with Gasteiger partial charge < -0.3 is 14.5 Å². The average Bonchev–Trinajstić information content (AvgIpc) is 2.92. The zero-order chi connectivity index (χ0) is 31.6. The third-order valence-electron chi connectivity index (χ3n) is 7.98. The summed E-state index contributed by atoms with van der Waals surface area (Å²) in [5.74, 6) is 0.263. The van der Waals surface area contributed by atoms with E-state index in [0.717, 1.165) is 27.8 Å². The van der Waals surface area contributed by atoms with Crippen molar-refractivity contribution in [3.63, 3.8) is 0 Å². The zero-order valence-corrected chi connectivity index (χ0v) is 28.2. The van der Waals surface area contributed by atoms with Crippen molar-refractivity contribution in [2.24, 2.45) is 0 Å². The Morgan fingerprint density at radius 2 is 1.43 bits per heavy atom. The second kappa shape index (κ2) is 13.2. The van der Waals surface area contributed by atoms with Gasteiger partial charge in [0.05, 0.1) is 20.6 Å². The molecule has 0 radical (unpaired) electrons. The number of hydrogen-bond donors (Lipinski definition) is 0. The highest BCUT2D eigenvalue weighted by molar-refractivity contribution is 7.93. The highest BCUT2D eigenvalue weighted by Crippen LogP contribution is 2.31. The van der Waals surface area contributed by atoms with Crippen LogP contribution in [0.2, 0.25) is 10.0 Å². The topological polar surface area (TPSA) is 70.2 Å². The monoisotopic (exact) mass is 633 g/mol. The van der Waals surface area contributed by atoms with E-state index in [2.05, 4.69) is 18.7 Å². The maximum atomic E-state index is 13.6. The van der Waals surface area contributed by atoms with E-state index in [-0.39, 0.29) is 18.1 Å². The predicted octanol–water partition coefficient (Wildman–Crippen LogP) is 6.80. The van der Waals surface area contributed by atoms with E-state index in [9.17, 15) is 13.2 Å². The fraction of sp³-hybridized carbons (Fsp3) is 0.406. The quantitative estimate of drug-likeness (QED) is 0.232. The van der Waals surface area contributed by atoms with Gasteiger partial charge in [0.15, 0.2) is 6.61 Å². The molecule has 0 saturated heterocycles. The molecule has 0 aliphatic carbocycles. The number of carbonyl (C=O) groups excluding carboxylic acids is 1. The third kappa shape index (κ3) is 7.59. The summed E-state index contributed by atoms with van der Waals surface area (Å²) in [5, 5.41) is 0.885. The highest BCUT2D eigenvalue weighted by Gasteiger charge is 2.29. The van der Waals surface area contributed by atoms with Crippen molar-refractivity contribution in [3.05, 3.63) is 86.4 Å². The molecule has 0 unspecified atom stereocenters. The minimum Gasteiger partial charge on any atom is -0.484 e. The summed E-state index contributed by atoms with van der Waals surface area (Å²) >= 11 is 12.3. The first-order valence-electron chi connectivity index (χ1n) is 13.6. The molecular weight excluding hydrogens is 593 g/mol. The smallest absolute Gasteiger partial charge is 0.264 e. The van der Waals surface area contributed by atoms with Gasteiger partial charge in [0.1, 0.15) is 5.75 Å². The summed E-state index contributed by atoms with van der Waals surface area (Å²) in [7, 11) is 1.69. The van der Waals surface area contributed by atoms with E-state index in [1.807, 2.05) is 53.9 Å². The molecule has 228 valence electrons. The molecule has 0 atom stereocenters. The van der Waals surface area contributed by atoms with Crippen molar-refractivity contribution in [3.8, 4) is 5.75 Å². The normalized spacial score (nSPS) is 12.0. The van der Waals surface area contributed by atoms with Crippen LogP contribution in [0.1, 0.15) is 41.7 Å². The van der Waals surface area contributed by atoms with E-state index in [1.165, 1.54) is 4.31 Å². The zero-order valence-electron chi connectivity index (χ0n) is 25.9. The number of halogens is 2. The van der Waals surface area contributed by atoms with E-state index >= 15 is 0 Å². The van der Waals surface area contributed by atoms with E-state index in [4.69, 9.17) is 27.9 Å². The van der Waals surface area contributed by atoms with Crippen LogP contribution in [0.5, 0.6) is 5.75 Å². The highest BCUT2D eigenvalue weighted by atomic mass is 35.5. The lowest BCUT2D eigenvalue weighted by atomic mass is 10.0. The molecule has 3 aromatic carbocycles. The van der Waals surface area contributed by atoms with Gasteiger partial charge in [0.25, 0.3) is 15.9 Å². The van der Waals surface area contributed by atoms with Crippen LogP contribution < -0.4 is 9.04 Å². The number of nitrogens with zero attached hydrogens (tertiary/aromatic N) is 3. The van der Waals surface area contributed by atoms with Crippen molar-refractivity contribution in [2.75, 3.05) is 38.6 Å². The Morgan fingerprint density at radius 3 is 1.95 bits per heavy atom. The number of likely N-dealkylation sites (N-methyl/N-ethyl adjacent to an activating group) is 1. The molecule has 0 heterocycles. The third-order valence-corrected chi connectivity index (χ3v) is 10.8. The Hall–Kier alpha value is -2.78. The molecule has 0 aliphatic heterocycles. The molecule has 42 heavy (non-hydrogen) atoms. The summed E-state index contributed by atoms with van der Waals surface area (Å²) in [6.07, 6.45) is 0. The van der Waals surface area contributed by atoms with Crippen molar-refractivity contribution in [1.29, 1.82) is 0 Å². The van der Waals surface area contributed by atoms with E-state index in [0.29, 0.717) is 39.5 Å². The van der Waals surface area contributed by atoms with Gasteiger partial charge in [-0.15, -0.1) is 0 Å². The minimum atomic E-state index is -3.80. The van der Waals surface area contributed by atoms with Gasteiger partial charge in [-0.05, 0) is 120 Å². The van der Waals surface area contributed by atoms with E-state index < -0.39 is 10.0 Å². The first-order chi connectivity index (χ1) is 19.5. The fourth-order valence-corrected chi connectivity index (χ4v) is 6.62. The van der Waals surface area contributed by atoms with Crippen LogP contribution >= 0.6 is 23.2 Å². The van der Waals surface area contributed by atoms with Gasteiger partial charge in [-0.3, -0.25) is 9.10 Å². The first-order valence-corrected chi connectivity index (χ1v) is 15.8. The van der Waals surface area contributed by atoms with Crippen LogP contribution in [0, 0.1) is 27.7 Å². The Labute approximate surface area is 261 Å². The van der Waals surface area contributed by atoms with Gasteiger partial charge in [-0.25, -0.2) is 8.42 Å². The lowest BCUT2D eigenvalue weighted by Crippen LogP contribution is -2.50. The SMILES string of the molecule is Cc1cc(C)c(C)c(S(=O)(=O)N(C)c2ccc(OCC(=O)N(Cc3ccc(Cl)c(Cl)c3)CC(C)(C)N(C)C)cc2)c1C. The molecule has 3 rings (SSSR count). The standard InChI is InChI=1S/C32H41Cl2N3O4S/c1-21-16-22(2)24(4)31(23(21)3)42(39,40)36(9)26-11-13-27(14-12-26)41-19-30(38)37(20-32(5,6)35(7)8)18-25-10-15-28(33)29(34)17-25/h10-17H,18-20H2,1-9H3. The molecule has 0 spiro atoms. The Balaban J connectivity index is 1.77. The van der Waals surface area contributed by atoms with Crippen LogP contribution in [-0.4, -0.2) is 64.0 Å². The summed E-state index contributed by atoms with van der Waals surface area (Å²) < 4.78 is 34.4. The van der Waals surface area contributed by atoms with Gasteiger partial charge in [0, 0.05) is 25.7 Å². The number of ether oxygens (including phenoxy) is 1. The first kappa shape index (κ1) is 33.7. The number of sulfonamides is 1. The van der Waals surface area contributed by atoms with Crippen molar-refractivity contribution >= 4 is 44.8 Å². The number of carbonyl (C=O) groups is 1. The molecule has 0 saturated carbocycles. The maximum Gasteiger partial charge on any atom is 0.264 e. The summed E-state index contributed by atoms with van der Waals surface area (Å²) in [6.45, 7) is 12.3. The summed E-state index contributed by atoms with van der Waals surface area (Å²) in [6, 6.07) is 14.0. The van der Waals surface area contributed by atoms with Gasteiger partial charge in [-0.2, -0.15) is 0 Å². The van der Waals surface area contributed by atoms with Crippen molar-refractivity contribution in [2.45, 2.75) is 58.5 Å². The Bertz CT molecular complexity index is 1530. The van der Waals surface area contributed by atoms with Crippen LogP contribution in [0.25, 0.3) is 0 Å². The summed E-state index contributed by atoms with van der Waals surface area (Å²) in [4.78, 5) is 17.5. The molecule has 0 aromatic heterocycles. The van der Waals surface area contributed by atoms with Gasteiger partial charge >= 0.3 is 0 Å². The molecule has 7 nitrogen and oxygen atoms in total. The molecular formula is C32H41Cl2N3O4S. The average molecular weight is 635 g/mol. The fourth-order valence-electron chi connectivity index (χ4n) is 4.53. The van der Waals surface area contributed by atoms with Crippen molar-refractivity contribution in [1.82, 2.24) is 9.80 Å². The molecule has 0 aliphatic rings. The molecule has 3 aromatic rings. The number of hydrogen-bond acceptors (Lipinski definition) is 5. The molecule has 1 amide bonds. The number of rotatable bonds is 11. The number of benzene rings is 3. The predicted molar refractivity (Wildman–Crippen MR) is 173 cm³/mol. The molecule has 10 heteroatoms. The Morgan fingerprint density at radius 1 is 0.857 bits per heavy atom. The second-order valence-corrected chi connectivity index (χ2v) is 14.3. The van der Waals surface area contributed by atoms with Crippen LogP contribution in [0.15, 0.2) is 53.4 Å². The maximum absolute atomic E-state index is 13.6. The number of amides is 1. The number of anilines is 1. The molecule has 0 bridgehead atoms. The largest absolute Gasteiger partial charge is 0.484 e. The van der Waals surface area contributed by atoms with Crippen LogP contribution in [-0.2, 0) is 21.4 Å². The lowest BCUT2D eigenvalue weighted by molar-refractivity contribution is -0.135.